The number of rotatable bonds is 8. The van der Waals surface area contributed by atoms with Crippen LogP contribution < -0.4 is 10.6 Å². The van der Waals surface area contributed by atoms with Crippen molar-refractivity contribution in [3.05, 3.63) is 24.0 Å². The van der Waals surface area contributed by atoms with Crippen molar-refractivity contribution >= 4 is 5.91 Å². The molecule has 0 aliphatic carbocycles. The summed E-state index contributed by atoms with van der Waals surface area (Å²) in [5.74, 6) is 0.562. The lowest BCUT2D eigenvalue weighted by molar-refractivity contribution is -0.121. The van der Waals surface area contributed by atoms with E-state index in [1.807, 2.05) is 16.8 Å². The van der Waals surface area contributed by atoms with E-state index in [4.69, 9.17) is 0 Å². The summed E-state index contributed by atoms with van der Waals surface area (Å²) in [4.78, 5) is 11.9. The van der Waals surface area contributed by atoms with Gasteiger partial charge in [0, 0.05) is 24.5 Å². The van der Waals surface area contributed by atoms with Crippen LogP contribution in [0.3, 0.4) is 0 Å². The molecule has 1 amide bonds. The Morgan fingerprint density at radius 2 is 2.11 bits per heavy atom. The molecule has 1 aromatic heterocycles. The number of carbonyl (C=O) groups excluding carboxylic acids is 1. The van der Waals surface area contributed by atoms with Gasteiger partial charge >= 0.3 is 0 Å². The number of carbonyl (C=O) groups is 1. The molecule has 19 heavy (non-hydrogen) atoms. The minimum Gasteiger partial charge on any atom is -0.354 e. The van der Waals surface area contributed by atoms with Crippen LogP contribution in [0.25, 0.3) is 0 Å². The lowest BCUT2D eigenvalue weighted by atomic mass is 10.2. The number of nitrogens with one attached hydrogen (secondary N) is 2. The third-order valence-electron chi connectivity index (χ3n) is 3.03. The maximum absolute atomic E-state index is 11.9. The third-order valence-corrected chi connectivity index (χ3v) is 3.03. The predicted molar refractivity (Wildman–Crippen MR) is 79.0 cm³/mol. The summed E-state index contributed by atoms with van der Waals surface area (Å²) >= 11 is 0. The van der Waals surface area contributed by atoms with Crippen LogP contribution in [0, 0.1) is 5.92 Å². The zero-order chi connectivity index (χ0) is 14.3. The minimum atomic E-state index is 0.0776. The van der Waals surface area contributed by atoms with Crippen molar-refractivity contribution in [2.45, 2.75) is 46.7 Å². The highest BCUT2D eigenvalue weighted by molar-refractivity contribution is 5.75. The first kappa shape index (κ1) is 15.8. The molecule has 0 spiro atoms. The highest BCUT2D eigenvalue weighted by Crippen LogP contribution is 2.13. The van der Waals surface area contributed by atoms with Crippen molar-refractivity contribution in [1.82, 2.24) is 15.2 Å². The van der Waals surface area contributed by atoms with E-state index in [0.717, 1.165) is 25.2 Å². The molecule has 0 saturated carbocycles. The molecule has 0 aliphatic rings. The van der Waals surface area contributed by atoms with E-state index in [1.165, 1.54) is 0 Å². The van der Waals surface area contributed by atoms with E-state index in [9.17, 15) is 4.79 Å². The number of amides is 1. The summed E-state index contributed by atoms with van der Waals surface area (Å²) in [5, 5.41) is 6.40. The monoisotopic (exact) mass is 265 g/mol. The Morgan fingerprint density at radius 3 is 2.74 bits per heavy atom. The van der Waals surface area contributed by atoms with Gasteiger partial charge in [0.05, 0.1) is 0 Å². The molecule has 1 rings (SSSR count). The highest BCUT2D eigenvalue weighted by atomic mass is 16.1. The summed E-state index contributed by atoms with van der Waals surface area (Å²) in [5.41, 5.74) is 1.16. The number of hydrogen-bond acceptors (Lipinski definition) is 2. The molecule has 4 heteroatoms. The van der Waals surface area contributed by atoms with Crippen LogP contribution in [-0.2, 0) is 11.3 Å². The van der Waals surface area contributed by atoms with E-state index in [1.54, 1.807) is 0 Å². The van der Waals surface area contributed by atoms with Gasteiger partial charge in [0.1, 0.15) is 6.54 Å². The summed E-state index contributed by atoms with van der Waals surface area (Å²) in [6, 6.07) is 4.34. The Hall–Kier alpha value is -1.29. The molecule has 0 saturated heterocycles. The number of aromatic nitrogens is 1. The van der Waals surface area contributed by atoms with Crippen molar-refractivity contribution in [2.75, 3.05) is 13.1 Å². The average molecular weight is 265 g/mol. The van der Waals surface area contributed by atoms with Crippen molar-refractivity contribution < 1.29 is 4.79 Å². The van der Waals surface area contributed by atoms with E-state index in [0.29, 0.717) is 12.5 Å². The second kappa shape index (κ2) is 8.00. The predicted octanol–water partition coefficient (Wildman–Crippen LogP) is 2.32. The number of hydrogen-bond donors (Lipinski definition) is 2. The topological polar surface area (TPSA) is 46.1 Å². The van der Waals surface area contributed by atoms with Crippen LogP contribution in [0.5, 0.6) is 0 Å². The molecule has 4 nitrogen and oxygen atoms in total. The quantitative estimate of drug-likeness (QED) is 0.758. The van der Waals surface area contributed by atoms with E-state index >= 15 is 0 Å². The maximum atomic E-state index is 11.9. The lowest BCUT2D eigenvalue weighted by Crippen LogP contribution is -2.31. The minimum absolute atomic E-state index is 0.0776. The van der Waals surface area contributed by atoms with Gasteiger partial charge in [-0.25, -0.2) is 0 Å². The van der Waals surface area contributed by atoms with Gasteiger partial charge in [-0.05, 0) is 37.9 Å². The molecule has 1 heterocycles. The summed E-state index contributed by atoms with van der Waals surface area (Å²) < 4.78 is 2.02. The molecule has 0 aromatic carbocycles. The summed E-state index contributed by atoms with van der Waals surface area (Å²) in [7, 11) is 0. The summed E-state index contributed by atoms with van der Waals surface area (Å²) in [6.07, 6.45) is 3.08. The fourth-order valence-electron chi connectivity index (χ4n) is 1.96. The maximum Gasteiger partial charge on any atom is 0.239 e. The zero-order valence-electron chi connectivity index (χ0n) is 12.6. The largest absolute Gasteiger partial charge is 0.354 e. The number of nitrogens with zero attached hydrogens (tertiary/aromatic N) is 1. The van der Waals surface area contributed by atoms with E-state index < -0.39 is 0 Å². The molecule has 0 aliphatic heterocycles. The molecule has 0 bridgehead atoms. The van der Waals surface area contributed by atoms with Gasteiger partial charge in [0.2, 0.25) is 5.91 Å². The van der Waals surface area contributed by atoms with Gasteiger partial charge in [-0.1, -0.05) is 20.8 Å². The molecule has 0 fully saturated rings. The fraction of sp³-hybridized carbons (Fsp3) is 0.667. The SMILES string of the molecule is CCCNC(C)c1cccn1CC(=O)NCC(C)C. The zero-order valence-corrected chi connectivity index (χ0v) is 12.6. The van der Waals surface area contributed by atoms with Gasteiger partial charge in [-0.2, -0.15) is 0 Å². The van der Waals surface area contributed by atoms with Gasteiger partial charge in [0.25, 0.3) is 0 Å². The molecule has 2 N–H and O–H groups in total. The van der Waals surface area contributed by atoms with Gasteiger partial charge in [-0.15, -0.1) is 0 Å². The molecule has 0 radical (unpaired) electrons. The smallest absolute Gasteiger partial charge is 0.239 e. The van der Waals surface area contributed by atoms with Gasteiger partial charge in [0.15, 0.2) is 0 Å². The highest BCUT2D eigenvalue weighted by Gasteiger charge is 2.11. The Morgan fingerprint density at radius 1 is 1.37 bits per heavy atom. The third kappa shape index (κ3) is 5.47. The normalized spacial score (nSPS) is 12.7. The first-order chi connectivity index (χ1) is 9.04. The van der Waals surface area contributed by atoms with E-state index in [2.05, 4.69) is 44.4 Å². The first-order valence-corrected chi connectivity index (χ1v) is 7.19. The van der Waals surface area contributed by atoms with Gasteiger partial charge in [-0.3, -0.25) is 4.79 Å². The molecule has 108 valence electrons. The second-order valence-electron chi connectivity index (χ2n) is 5.43. The van der Waals surface area contributed by atoms with Crippen LogP contribution in [0.15, 0.2) is 18.3 Å². The fourth-order valence-corrected chi connectivity index (χ4v) is 1.96. The molecule has 1 aromatic rings. The molecule has 1 atom stereocenters. The lowest BCUT2D eigenvalue weighted by Gasteiger charge is -2.17. The first-order valence-electron chi connectivity index (χ1n) is 7.19. The van der Waals surface area contributed by atoms with E-state index in [-0.39, 0.29) is 11.9 Å². The van der Waals surface area contributed by atoms with Crippen LogP contribution in [0.2, 0.25) is 0 Å². The van der Waals surface area contributed by atoms with Gasteiger partial charge < -0.3 is 15.2 Å². The Bertz CT molecular complexity index is 384. The van der Waals surface area contributed by atoms with Crippen molar-refractivity contribution in [2.24, 2.45) is 5.92 Å². The van der Waals surface area contributed by atoms with Crippen molar-refractivity contribution in [3.8, 4) is 0 Å². The van der Waals surface area contributed by atoms with Crippen LogP contribution in [0.4, 0.5) is 0 Å². The Labute approximate surface area is 116 Å². The molecular weight excluding hydrogens is 238 g/mol. The average Bonchev–Trinajstić information content (AvgIpc) is 2.81. The van der Waals surface area contributed by atoms with Crippen molar-refractivity contribution in [3.63, 3.8) is 0 Å². The van der Waals surface area contributed by atoms with Crippen LogP contribution in [0.1, 0.15) is 45.9 Å². The second-order valence-corrected chi connectivity index (χ2v) is 5.43. The Balaban J connectivity index is 2.54. The van der Waals surface area contributed by atoms with Crippen LogP contribution in [-0.4, -0.2) is 23.6 Å². The molecule has 1 unspecified atom stereocenters. The van der Waals surface area contributed by atoms with Crippen LogP contribution >= 0.6 is 0 Å². The Kier molecular flexibility index (Phi) is 6.64. The molecular formula is C15H27N3O. The standard InChI is InChI=1S/C15H27N3O/c1-5-8-16-13(4)14-7-6-9-18(14)11-15(19)17-10-12(2)3/h6-7,9,12-13,16H,5,8,10-11H2,1-4H3,(H,17,19). The summed E-state index contributed by atoms with van der Waals surface area (Å²) in [6.45, 7) is 10.6. The van der Waals surface area contributed by atoms with Crippen molar-refractivity contribution in [1.29, 1.82) is 0 Å².